The minimum absolute atomic E-state index is 0. The van der Waals surface area contributed by atoms with Crippen LogP contribution in [0.3, 0.4) is 0 Å². The van der Waals surface area contributed by atoms with Gasteiger partial charge >= 0.3 is 0 Å². The maximum atomic E-state index is 12.7. The van der Waals surface area contributed by atoms with Crippen molar-refractivity contribution in [3.63, 3.8) is 0 Å². The van der Waals surface area contributed by atoms with E-state index in [-0.39, 0.29) is 5.48 Å². The summed E-state index contributed by atoms with van der Waals surface area (Å²) in [7, 11) is 0.139. The lowest BCUT2D eigenvalue weighted by Gasteiger charge is -2.07. The maximum absolute atomic E-state index is 12.7. The van der Waals surface area contributed by atoms with E-state index in [1.54, 1.807) is 4.68 Å². The fourth-order valence-electron chi connectivity index (χ4n) is 3.44. The Labute approximate surface area is 184 Å². The van der Waals surface area contributed by atoms with E-state index >= 15 is 0 Å². The molecule has 0 amide bonds. The average molecular weight is 438 g/mol. The van der Waals surface area contributed by atoms with Gasteiger partial charge in [0.15, 0.2) is 15.9 Å². The standard InChI is InChI=1S/C24H25N3O2S.H2O/c1-17-24(18(2)27(3)25-17)26-30(28)23-12-9-19(10-13-23)15-29-16-20-8-11-21-6-4-5-7-22(21)14-20;/h4-14H,15-16H2,1-3H3,(H,26,28);1H2. The number of thiol groups is 1. The number of aryl methyl sites for hydroxylation is 2. The van der Waals surface area contributed by atoms with Gasteiger partial charge in [0.2, 0.25) is 0 Å². The van der Waals surface area contributed by atoms with Crippen LogP contribution in [0.4, 0.5) is 5.69 Å². The molecule has 31 heavy (non-hydrogen) atoms. The summed E-state index contributed by atoms with van der Waals surface area (Å²) in [5, 5.41) is 6.81. The van der Waals surface area contributed by atoms with Gasteiger partial charge in [0.05, 0.1) is 24.6 Å². The van der Waals surface area contributed by atoms with Crippen molar-refractivity contribution in [2.24, 2.45) is 7.05 Å². The summed E-state index contributed by atoms with van der Waals surface area (Å²) < 4.78 is 23.5. The molecule has 3 aromatic carbocycles. The van der Waals surface area contributed by atoms with Gasteiger partial charge in [-0.1, -0.05) is 52.7 Å². The first-order valence-electron chi connectivity index (χ1n) is 9.90. The second kappa shape index (κ2) is 9.87. The molecular formula is C24H27N3O3S. The summed E-state index contributed by atoms with van der Waals surface area (Å²) in [6, 6.07) is 22.4. The van der Waals surface area contributed by atoms with Crippen molar-refractivity contribution in [2.75, 3.05) is 4.72 Å². The molecule has 0 bridgehead atoms. The Morgan fingerprint density at radius 2 is 1.58 bits per heavy atom. The number of anilines is 1. The number of nitrogens with zero attached hydrogens (tertiary/aromatic N) is 2. The van der Waals surface area contributed by atoms with Gasteiger partial charge in [-0.05, 0) is 53.9 Å². The Bertz CT molecular complexity index is 1200. The fraction of sp³-hybridized carbons (Fsp3) is 0.208. The Morgan fingerprint density at radius 1 is 0.935 bits per heavy atom. The molecule has 0 spiro atoms. The molecule has 4 aromatic rings. The van der Waals surface area contributed by atoms with Crippen LogP contribution < -0.4 is 4.72 Å². The maximum Gasteiger partial charge on any atom is 0.197 e. The van der Waals surface area contributed by atoms with Crippen LogP contribution >= 0.6 is 0 Å². The Morgan fingerprint density at radius 3 is 2.26 bits per heavy atom. The van der Waals surface area contributed by atoms with Crippen molar-refractivity contribution in [2.45, 2.75) is 32.0 Å². The monoisotopic (exact) mass is 437 g/mol. The SMILES string of the molecule is Cc1nn(C)c(C)c1N[SH+](=O)c1ccc(COCc2ccc3ccccc3c2)cc1.[OH-]. The molecule has 0 aliphatic heterocycles. The predicted molar refractivity (Wildman–Crippen MR) is 125 cm³/mol. The highest BCUT2D eigenvalue weighted by atomic mass is 32.2. The molecule has 0 saturated heterocycles. The van der Waals surface area contributed by atoms with Crippen LogP contribution in [-0.4, -0.2) is 15.3 Å². The Kier molecular flexibility index (Phi) is 7.22. The van der Waals surface area contributed by atoms with Gasteiger partial charge in [-0.2, -0.15) is 9.82 Å². The van der Waals surface area contributed by atoms with Crippen LogP contribution in [0.2, 0.25) is 0 Å². The fourth-order valence-corrected chi connectivity index (χ4v) is 4.52. The van der Waals surface area contributed by atoms with Gasteiger partial charge in [-0.15, -0.1) is 0 Å². The van der Waals surface area contributed by atoms with Crippen LogP contribution in [0, 0.1) is 13.8 Å². The summed E-state index contributed by atoms with van der Waals surface area (Å²) in [5.74, 6) is 0. The quantitative estimate of drug-likeness (QED) is 0.332. The van der Waals surface area contributed by atoms with Crippen LogP contribution in [0.25, 0.3) is 10.8 Å². The van der Waals surface area contributed by atoms with Crippen LogP contribution in [0.5, 0.6) is 0 Å². The molecule has 1 unspecified atom stereocenters. The number of hydrogen-bond donors (Lipinski definition) is 1. The molecule has 2 N–H and O–H groups in total. The molecular weight excluding hydrogens is 410 g/mol. The zero-order valence-corrected chi connectivity index (χ0v) is 18.8. The van der Waals surface area contributed by atoms with E-state index in [9.17, 15) is 4.21 Å². The smallest absolute Gasteiger partial charge is 0.197 e. The molecule has 1 heterocycles. The number of ether oxygens (including phenoxy) is 1. The molecule has 0 radical (unpaired) electrons. The van der Waals surface area contributed by atoms with Crippen molar-refractivity contribution in [1.82, 2.24) is 9.78 Å². The number of aromatic nitrogens is 2. The van der Waals surface area contributed by atoms with E-state index in [0.29, 0.717) is 13.2 Å². The van der Waals surface area contributed by atoms with Gasteiger partial charge in [0, 0.05) is 7.05 Å². The van der Waals surface area contributed by atoms with Crippen molar-refractivity contribution in [3.8, 4) is 0 Å². The lowest BCUT2D eigenvalue weighted by Crippen LogP contribution is -2.06. The van der Waals surface area contributed by atoms with Crippen molar-refractivity contribution < 1.29 is 14.4 Å². The Hall–Kier alpha value is -3.00. The van der Waals surface area contributed by atoms with Crippen LogP contribution in [-0.2, 0) is 40.2 Å². The highest BCUT2D eigenvalue weighted by molar-refractivity contribution is 7.86. The average Bonchev–Trinajstić information content (AvgIpc) is 3.00. The number of hydrogen-bond acceptors (Lipinski definition) is 4. The third-order valence-electron chi connectivity index (χ3n) is 5.24. The minimum Gasteiger partial charge on any atom is -0.870 e. The highest BCUT2D eigenvalue weighted by Crippen LogP contribution is 2.21. The highest BCUT2D eigenvalue weighted by Gasteiger charge is 2.17. The van der Waals surface area contributed by atoms with Gasteiger partial charge < -0.3 is 10.2 Å². The number of fused-ring (bicyclic) bond motifs is 1. The molecule has 1 atom stereocenters. The van der Waals surface area contributed by atoms with E-state index < -0.39 is 11.0 Å². The number of benzene rings is 3. The summed E-state index contributed by atoms with van der Waals surface area (Å²) >= 11 is 0. The zero-order chi connectivity index (χ0) is 21.1. The van der Waals surface area contributed by atoms with Gasteiger partial charge in [-0.25, -0.2) is 0 Å². The first-order valence-corrected chi connectivity index (χ1v) is 11.2. The van der Waals surface area contributed by atoms with Gasteiger partial charge in [0.1, 0.15) is 5.69 Å². The number of nitrogens with one attached hydrogen (secondary N) is 1. The second-order valence-corrected chi connectivity index (χ2v) is 8.75. The molecule has 0 saturated carbocycles. The van der Waals surface area contributed by atoms with Crippen LogP contribution in [0.15, 0.2) is 71.6 Å². The third-order valence-corrected chi connectivity index (χ3v) is 6.44. The van der Waals surface area contributed by atoms with Crippen molar-refractivity contribution in [3.05, 3.63) is 89.2 Å². The first kappa shape index (κ1) is 22.7. The van der Waals surface area contributed by atoms with E-state index in [1.807, 2.05) is 57.3 Å². The summed E-state index contributed by atoms with van der Waals surface area (Å²) in [6.45, 7) is 4.94. The number of rotatable bonds is 7. The summed E-state index contributed by atoms with van der Waals surface area (Å²) in [6.07, 6.45) is 0. The molecule has 1 aromatic heterocycles. The van der Waals surface area contributed by atoms with Gasteiger partial charge in [0.25, 0.3) is 0 Å². The summed E-state index contributed by atoms with van der Waals surface area (Å²) in [4.78, 5) is 0.755. The Balaban J connectivity index is 0.00000272. The lowest BCUT2D eigenvalue weighted by atomic mass is 10.1. The first-order chi connectivity index (χ1) is 14.5. The topological polar surface area (TPSA) is 86.2 Å². The largest absolute Gasteiger partial charge is 0.870 e. The molecule has 162 valence electrons. The van der Waals surface area contributed by atoms with E-state index in [4.69, 9.17) is 4.74 Å². The van der Waals surface area contributed by atoms with E-state index in [1.165, 1.54) is 10.8 Å². The van der Waals surface area contributed by atoms with Crippen molar-refractivity contribution in [1.29, 1.82) is 0 Å². The van der Waals surface area contributed by atoms with E-state index in [2.05, 4.69) is 40.2 Å². The molecule has 4 rings (SSSR count). The molecule has 0 aliphatic carbocycles. The molecule has 6 nitrogen and oxygen atoms in total. The predicted octanol–water partition coefficient (Wildman–Crippen LogP) is 4.81. The lowest BCUT2D eigenvalue weighted by molar-refractivity contribution is 0.107. The van der Waals surface area contributed by atoms with E-state index in [0.717, 1.165) is 33.1 Å². The molecule has 7 heteroatoms. The van der Waals surface area contributed by atoms with Crippen molar-refractivity contribution >= 4 is 27.4 Å². The second-order valence-electron chi connectivity index (χ2n) is 7.42. The molecule has 0 fully saturated rings. The van der Waals surface area contributed by atoms with Gasteiger partial charge in [-0.3, -0.25) is 4.68 Å². The third kappa shape index (κ3) is 5.19. The minimum atomic E-state index is -1.74. The zero-order valence-electron chi connectivity index (χ0n) is 17.9. The molecule has 0 aliphatic rings. The summed E-state index contributed by atoms with van der Waals surface area (Å²) in [5.41, 5.74) is 4.85. The van der Waals surface area contributed by atoms with Crippen LogP contribution in [0.1, 0.15) is 22.5 Å². The normalized spacial score (nSPS) is 11.8.